The second kappa shape index (κ2) is 5.26. The summed E-state index contributed by atoms with van der Waals surface area (Å²) in [6, 6.07) is 6.60. The number of hydrogen-bond donors (Lipinski definition) is 0. The maximum absolute atomic E-state index is 4.28. The van der Waals surface area contributed by atoms with E-state index in [0.29, 0.717) is 0 Å². The molecule has 1 nitrogen and oxygen atoms in total. The van der Waals surface area contributed by atoms with E-state index in [-0.39, 0.29) is 0 Å². The normalized spacial score (nSPS) is 11.0. The van der Waals surface area contributed by atoms with Gasteiger partial charge in [0.05, 0.1) is 15.7 Å². The van der Waals surface area contributed by atoms with Gasteiger partial charge in [-0.25, -0.2) is 4.98 Å². The minimum absolute atomic E-state index is 1.06. The quantitative estimate of drug-likeness (QED) is 0.684. The Morgan fingerprint density at radius 3 is 3.00 bits per heavy atom. The SMILES string of the molecule is [CH2]CCCCCc1ccc2ncsc2c1. The predicted molar refractivity (Wildman–Crippen MR) is 67.1 cm³/mol. The van der Waals surface area contributed by atoms with Crippen molar-refractivity contribution in [3.05, 3.63) is 36.2 Å². The average molecular weight is 218 g/mol. The standard InChI is InChI=1S/C13H16NS/c1-2-3-4-5-6-11-7-8-12-13(9-11)15-10-14-12/h7-10H,1-6H2. The molecule has 1 aromatic heterocycles. The topological polar surface area (TPSA) is 12.9 Å². The Hall–Kier alpha value is -0.890. The van der Waals surface area contributed by atoms with Gasteiger partial charge in [-0.2, -0.15) is 0 Å². The molecule has 1 aromatic carbocycles. The molecule has 0 aliphatic rings. The second-order valence-electron chi connectivity index (χ2n) is 3.82. The van der Waals surface area contributed by atoms with Gasteiger partial charge in [0.2, 0.25) is 0 Å². The van der Waals surface area contributed by atoms with E-state index in [1.807, 2.05) is 5.51 Å². The summed E-state index contributed by atoms with van der Waals surface area (Å²) in [7, 11) is 0. The number of aryl methyl sites for hydroxylation is 1. The maximum atomic E-state index is 4.28. The fraction of sp³-hybridized carbons (Fsp3) is 0.385. The van der Waals surface area contributed by atoms with Gasteiger partial charge in [-0.05, 0) is 30.5 Å². The van der Waals surface area contributed by atoms with Crippen molar-refractivity contribution in [2.24, 2.45) is 0 Å². The molecule has 0 unspecified atom stereocenters. The number of unbranched alkanes of at least 4 members (excludes halogenated alkanes) is 3. The number of rotatable bonds is 5. The summed E-state index contributed by atoms with van der Waals surface area (Å²) < 4.78 is 1.31. The zero-order valence-corrected chi connectivity index (χ0v) is 9.72. The van der Waals surface area contributed by atoms with Gasteiger partial charge in [0.1, 0.15) is 0 Å². The highest BCUT2D eigenvalue weighted by molar-refractivity contribution is 7.16. The molecule has 0 saturated carbocycles. The summed E-state index contributed by atoms with van der Waals surface area (Å²) in [5.74, 6) is 0. The van der Waals surface area contributed by atoms with E-state index in [0.717, 1.165) is 11.9 Å². The molecular weight excluding hydrogens is 202 g/mol. The van der Waals surface area contributed by atoms with E-state index in [1.165, 1.54) is 35.9 Å². The van der Waals surface area contributed by atoms with Gasteiger partial charge in [-0.3, -0.25) is 0 Å². The van der Waals surface area contributed by atoms with E-state index >= 15 is 0 Å². The zero-order chi connectivity index (χ0) is 10.5. The van der Waals surface area contributed by atoms with Crippen molar-refractivity contribution < 1.29 is 0 Å². The largest absolute Gasteiger partial charge is 0.245 e. The smallest absolute Gasteiger partial charge is 0.0812 e. The number of aromatic nitrogens is 1. The lowest BCUT2D eigenvalue weighted by Gasteiger charge is -2.00. The van der Waals surface area contributed by atoms with Crippen LogP contribution in [0.2, 0.25) is 0 Å². The molecule has 0 amide bonds. The van der Waals surface area contributed by atoms with Crippen molar-refractivity contribution in [2.45, 2.75) is 32.1 Å². The molecule has 2 aromatic rings. The zero-order valence-electron chi connectivity index (χ0n) is 8.91. The summed E-state index contributed by atoms with van der Waals surface area (Å²) in [6.07, 6.45) is 6.08. The Morgan fingerprint density at radius 2 is 2.13 bits per heavy atom. The monoisotopic (exact) mass is 218 g/mol. The molecule has 0 aliphatic heterocycles. The fourth-order valence-corrected chi connectivity index (χ4v) is 2.48. The Bertz CT molecular complexity index is 419. The second-order valence-corrected chi connectivity index (χ2v) is 4.70. The maximum Gasteiger partial charge on any atom is 0.0812 e. The van der Waals surface area contributed by atoms with Gasteiger partial charge in [0.25, 0.3) is 0 Å². The Labute approximate surface area is 95.2 Å². The first-order chi connectivity index (χ1) is 7.40. The molecule has 0 spiro atoms. The third-order valence-electron chi connectivity index (χ3n) is 2.61. The molecule has 0 saturated heterocycles. The van der Waals surface area contributed by atoms with Gasteiger partial charge >= 0.3 is 0 Å². The van der Waals surface area contributed by atoms with Crippen LogP contribution in [-0.4, -0.2) is 4.98 Å². The van der Waals surface area contributed by atoms with Gasteiger partial charge in [0, 0.05) is 0 Å². The van der Waals surface area contributed by atoms with Crippen LogP contribution >= 0.6 is 11.3 Å². The number of hydrogen-bond acceptors (Lipinski definition) is 2. The molecule has 0 fully saturated rings. The molecule has 2 heteroatoms. The molecule has 1 heterocycles. The first kappa shape index (κ1) is 10.6. The highest BCUT2D eigenvalue weighted by Gasteiger charge is 1.98. The van der Waals surface area contributed by atoms with Crippen LogP contribution in [0.15, 0.2) is 23.7 Å². The highest BCUT2D eigenvalue weighted by Crippen LogP contribution is 2.20. The van der Waals surface area contributed by atoms with Crippen molar-refractivity contribution >= 4 is 21.6 Å². The number of fused-ring (bicyclic) bond motifs is 1. The van der Waals surface area contributed by atoms with Crippen molar-refractivity contribution in [3.8, 4) is 0 Å². The lowest BCUT2D eigenvalue weighted by atomic mass is 10.1. The van der Waals surface area contributed by atoms with Crippen LogP contribution in [0.3, 0.4) is 0 Å². The average Bonchev–Trinajstić information content (AvgIpc) is 2.71. The minimum Gasteiger partial charge on any atom is -0.245 e. The summed E-state index contributed by atoms with van der Waals surface area (Å²) >= 11 is 1.72. The molecule has 2 rings (SSSR count). The van der Waals surface area contributed by atoms with Crippen LogP contribution in [0.1, 0.15) is 31.2 Å². The van der Waals surface area contributed by atoms with Gasteiger partial charge < -0.3 is 0 Å². The summed E-state index contributed by atoms with van der Waals surface area (Å²) in [5.41, 5.74) is 4.48. The Morgan fingerprint density at radius 1 is 1.20 bits per heavy atom. The molecule has 79 valence electrons. The van der Waals surface area contributed by atoms with Crippen LogP contribution in [-0.2, 0) is 6.42 Å². The van der Waals surface area contributed by atoms with E-state index in [9.17, 15) is 0 Å². The van der Waals surface area contributed by atoms with Crippen LogP contribution in [0, 0.1) is 6.92 Å². The molecule has 15 heavy (non-hydrogen) atoms. The lowest BCUT2D eigenvalue weighted by Crippen LogP contribution is -1.85. The molecule has 0 aliphatic carbocycles. The van der Waals surface area contributed by atoms with E-state index in [2.05, 4.69) is 30.1 Å². The van der Waals surface area contributed by atoms with Crippen LogP contribution in [0.25, 0.3) is 10.2 Å². The fourth-order valence-electron chi connectivity index (χ4n) is 1.74. The van der Waals surface area contributed by atoms with Crippen molar-refractivity contribution in [1.29, 1.82) is 0 Å². The van der Waals surface area contributed by atoms with Crippen molar-refractivity contribution in [1.82, 2.24) is 4.98 Å². The lowest BCUT2D eigenvalue weighted by molar-refractivity contribution is 0.686. The summed E-state index contributed by atoms with van der Waals surface area (Å²) in [4.78, 5) is 4.28. The molecule has 1 radical (unpaired) electrons. The molecule has 0 atom stereocenters. The van der Waals surface area contributed by atoms with Gasteiger partial charge in [0.15, 0.2) is 0 Å². The van der Waals surface area contributed by atoms with E-state index < -0.39 is 0 Å². The van der Waals surface area contributed by atoms with E-state index in [4.69, 9.17) is 0 Å². The predicted octanol–water partition coefficient (Wildman–Crippen LogP) is 4.23. The summed E-state index contributed by atoms with van der Waals surface area (Å²) in [5, 5.41) is 0. The first-order valence-corrected chi connectivity index (χ1v) is 6.39. The van der Waals surface area contributed by atoms with Crippen molar-refractivity contribution in [2.75, 3.05) is 0 Å². The Kier molecular flexibility index (Phi) is 3.73. The molecule has 0 bridgehead atoms. The van der Waals surface area contributed by atoms with Crippen LogP contribution in [0.4, 0.5) is 0 Å². The van der Waals surface area contributed by atoms with Gasteiger partial charge in [-0.15, -0.1) is 11.3 Å². The highest BCUT2D eigenvalue weighted by atomic mass is 32.1. The molecular formula is C13H16NS. The first-order valence-electron chi connectivity index (χ1n) is 5.51. The van der Waals surface area contributed by atoms with Gasteiger partial charge in [-0.1, -0.05) is 32.3 Å². The third kappa shape index (κ3) is 2.78. The van der Waals surface area contributed by atoms with Crippen LogP contribution in [0.5, 0.6) is 0 Å². The minimum atomic E-state index is 1.06. The van der Waals surface area contributed by atoms with E-state index in [1.54, 1.807) is 11.3 Å². The summed E-state index contributed by atoms with van der Waals surface area (Å²) in [6.45, 7) is 3.86. The third-order valence-corrected chi connectivity index (χ3v) is 3.40. The number of benzene rings is 1. The Balaban J connectivity index is 1.96. The van der Waals surface area contributed by atoms with Crippen molar-refractivity contribution in [3.63, 3.8) is 0 Å². The molecule has 0 N–H and O–H groups in total. The van der Waals surface area contributed by atoms with Crippen LogP contribution < -0.4 is 0 Å². The number of thiazole rings is 1. The number of nitrogens with zero attached hydrogens (tertiary/aromatic N) is 1.